The molecular formula is C17H27N. The van der Waals surface area contributed by atoms with E-state index in [1.165, 1.54) is 37.7 Å². The number of likely N-dealkylation sites (N-methyl/N-ethyl adjacent to an activating group) is 1. The molecule has 18 heavy (non-hydrogen) atoms. The van der Waals surface area contributed by atoms with Gasteiger partial charge in [-0.1, -0.05) is 57.0 Å². The molecule has 100 valence electrons. The van der Waals surface area contributed by atoms with Crippen LogP contribution in [0.4, 0.5) is 0 Å². The van der Waals surface area contributed by atoms with Crippen LogP contribution in [0, 0.1) is 5.92 Å². The van der Waals surface area contributed by atoms with Gasteiger partial charge in [-0.15, -0.1) is 0 Å². The van der Waals surface area contributed by atoms with Crippen molar-refractivity contribution in [3.8, 4) is 0 Å². The molecule has 2 rings (SSSR count). The predicted octanol–water partition coefficient (Wildman–Crippen LogP) is 4.35. The monoisotopic (exact) mass is 245 g/mol. The number of hydrogen-bond acceptors (Lipinski definition) is 1. The molecule has 1 saturated carbocycles. The quantitative estimate of drug-likeness (QED) is 0.718. The summed E-state index contributed by atoms with van der Waals surface area (Å²) in [5.41, 5.74) is 1.50. The van der Waals surface area contributed by atoms with Crippen LogP contribution in [0.5, 0.6) is 0 Å². The van der Waals surface area contributed by atoms with Crippen LogP contribution in [0.3, 0.4) is 0 Å². The van der Waals surface area contributed by atoms with Gasteiger partial charge < -0.3 is 5.32 Å². The summed E-state index contributed by atoms with van der Waals surface area (Å²) in [5, 5.41) is 3.72. The second kappa shape index (κ2) is 6.94. The van der Waals surface area contributed by atoms with E-state index >= 15 is 0 Å². The highest BCUT2D eigenvalue weighted by Gasteiger charge is 2.26. The molecule has 0 amide bonds. The van der Waals surface area contributed by atoms with Gasteiger partial charge in [0.1, 0.15) is 0 Å². The normalized spacial score (nSPS) is 18.6. The van der Waals surface area contributed by atoms with Crippen LogP contribution in [-0.4, -0.2) is 12.6 Å². The van der Waals surface area contributed by atoms with E-state index in [0.717, 1.165) is 12.5 Å². The zero-order valence-corrected chi connectivity index (χ0v) is 11.9. The van der Waals surface area contributed by atoms with Gasteiger partial charge in [0, 0.05) is 6.04 Å². The zero-order chi connectivity index (χ0) is 12.8. The van der Waals surface area contributed by atoms with Gasteiger partial charge in [0.2, 0.25) is 0 Å². The minimum absolute atomic E-state index is 0.656. The fourth-order valence-corrected chi connectivity index (χ4v) is 2.98. The molecule has 1 aromatic rings. The van der Waals surface area contributed by atoms with Gasteiger partial charge in [-0.05, 0) is 43.2 Å². The lowest BCUT2D eigenvalue weighted by atomic mass is 9.86. The topological polar surface area (TPSA) is 12.0 Å². The van der Waals surface area contributed by atoms with Gasteiger partial charge in [0.05, 0.1) is 0 Å². The lowest BCUT2D eigenvalue weighted by Gasteiger charge is -2.27. The fraction of sp³-hybridized carbons (Fsp3) is 0.647. The van der Waals surface area contributed by atoms with E-state index in [9.17, 15) is 0 Å². The summed E-state index contributed by atoms with van der Waals surface area (Å²) in [4.78, 5) is 0. The first-order chi connectivity index (χ1) is 8.85. The van der Waals surface area contributed by atoms with Crippen molar-refractivity contribution >= 4 is 0 Å². The molecule has 0 aliphatic heterocycles. The summed E-state index contributed by atoms with van der Waals surface area (Å²) >= 11 is 0. The first-order valence-corrected chi connectivity index (χ1v) is 7.63. The summed E-state index contributed by atoms with van der Waals surface area (Å²) < 4.78 is 0. The Morgan fingerprint density at radius 1 is 1.17 bits per heavy atom. The van der Waals surface area contributed by atoms with Crippen molar-refractivity contribution in [2.75, 3.05) is 6.54 Å². The third-order valence-electron chi connectivity index (χ3n) is 4.20. The van der Waals surface area contributed by atoms with Gasteiger partial charge in [0.25, 0.3) is 0 Å². The lowest BCUT2D eigenvalue weighted by Crippen LogP contribution is -2.34. The van der Waals surface area contributed by atoms with Crippen LogP contribution >= 0.6 is 0 Å². The highest BCUT2D eigenvalue weighted by molar-refractivity contribution is 5.21. The number of benzene rings is 1. The average Bonchev–Trinajstić information content (AvgIpc) is 3.22. The lowest BCUT2D eigenvalue weighted by molar-refractivity contribution is 0.390. The maximum atomic E-state index is 3.72. The van der Waals surface area contributed by atoms with Gasteiger partial charge in [0.15, 0.2) is 0 Å². The van der Waals surface area contributed by atoms with Crippen LogP contribution in [-0.2, 0) is 0 Å². The van der Waals surface area contributed by atoms with E-state index in [1.54, 1.807) is 0 Å². The molecule has 1 heteroatoms. The average molecular weight is 245 g/mol. The van der Waals surface area contributed by atoms with Crippen molar-refractivity contribution in [3.05, 3.63) is 35.9 Å². The Labute approximate surface area is 112 Å². The van der Waals surface area contributed by atoms with Crippen molar-refractivity contribution in [1.82, 2.24) is 5.32 Å². The fourth-order valence-electron chi connectivity index (χ4n) is 2.98. The molecule has 2 unspecified atom stereocenters. The van der Waals surface area contributed by atoms with E-state index < -0.39 is 0 Å². The van der Waals surface area contributed by atoms with Gasteiger partial charge in [-0.25, -0.2) is 0 Å². The minimum Gasteiger partial charge on any atom is -0.314 e. The second-order valence-corrected chi connectivity index (χ2v) is 5.61. The predicted molar refractivity (Wildman–Crippen MR) is 78.9 cm³/mol. The zero-order valence-electron chi connectivity index (χ0n) is 11.9. The smallest absolute Gasteiger partial charge is 0.0136 e. The van der Waals surface area contributed by atoms with Crippen molar-refractivity contribution in [2.24, 2.45) is 5.92 Å². The van der Waals surface area contributed by atoms with Crippen molar-refractivity contribution in [2.45, 2.75) is 57.9 Å². The Morgan fingerprint density at radius 2 is 1.89 bits per heavy atom. The molecule has 0 radical (unpaired) electrons. The molecular weight excluding hydrogens is 218 g/mol. The molecule has 0 heterocycles. The van der Waals surface area contributed by atoms with Gasteiger partial charge in [-0.2, -0.15) is 0 Å². The van der Waals surface area contributed by atoms with Crippen LogP contribution in [0.25, 0.3) is 0 Å². The van der Waals surface area contributed by atoms with Crippen molar-refractivity contribution in [3.63, 3.8) is 0 Å². The Morgan fingerprint density at radius 3 is 2.44 bits per heavy atom. The molecule has 1 aromatic carbocycles. The molecule has 1 aliphatic carbocycles. The molecule has 1 N–H and O–H groups in total. The summed E-state index contributed by atoms with van der Waals surface area (Å²) in [6.45, 7) is 5.62. The van der Waals surface area contributed by atoms with E-state index in [0.29, 0.717) is 12.0 Å². The molecule has 0 aromatic heterocycles. The standard InChI is InChI=1S/C17H27N/c1-3-16(15-8-6-5-7-9-15)17(18-4-2)13-12-14-10-11-14/h5-9,14,16-18H,3-4,10-13H2,1-2H3. The Bertz CT molecular complexity index is 329. The van der Waals surface area contributed by atoms with Gasteiger partial charge >= 0.3 is 0 Å². The summed E-state index contributed by atoms with van der Waals surface area (Å²) in [7, 11) is 0. The van der Waals surface area contributed by atoms with Crippen LogP contribution in [0.2, 0.25) is 0 Å². The van der Waals surface area contributed by atoms with Crippen LogP contribution in [0.15, 0.2) is 30.3 Å². The number of rotatable bonds is 8. The summed E-state index contributed by atoms with van der Waals surface area (Å²) in [6, 6.07) is 11.7. The minimum atomic E-state index is 0.656. The van der Waals surface area contributed by atoms with E-state index in [1.807, 2.05) is 0 Å². The molecule has 0 saturated heterocycles. The molecule has 1 aliphatic rings. The third kappa shape index (κ3) is 3.84. The number of hydrogen-bond donors (Lipinski definition) is 1. The second-order valence-electron chi connectivity index (χ2n) is 5.61. The highest BCUT2D eigenvalue weighted by atomic mass is 14.9. The van der Waals surface area contributed by atoms with Crippen molar-refractivity contribution in [1.29, 1.82) is 0 Å². The Kier molecular flexibility index (Phi) is 5.25. The molecule has 0 bridgehead atoms. The Balaban J connectivity index is 2.00. The van der Waals surface area contributed by atoms with Crippen LogP contribution in [0.1, 0.15) is 57.4 Å². The Hall–Kier alpha value is -0.820. The molecule has 2 atom stereocenters. The van der Waals surface area contributed by atoms with E-state index in [-0.39, 0.29) is 0 Å². The SMILES string of the molecule is CCNC(CCC1CC1)C(CC)c1ccccc1. The highest BCUT2D eigenvalue weighted by Crippen LogP contribution is 2.36. The maximum absolute atomic E-state index is 3.72. The molecule has 0 spiro atoms. The first kappa shape index (κ1) is 13.6. The molecule has 1 fully saturated rings. The summed E-state index contributed by atoms with van der Waals surface area (Å²) in [6.07, 6.45) is 6.93. The first-order valence-electron chi connectivity index (χ1n) is 7.63. The summed E-state index contributed by atoms with van der Waals surface area (Å²) in [5.74, 6) is 1.71. The maximum Gasteiger partial charge on any atom is 0.0136 e. The van der Waals surface area contributed by atoms with Crippen molar-refractivity contribution < 1.29 is 0 Å². The van der Waals surface area contributed by atoms with E-state index in [4.69, 9.17) is 0 Å². The van der Waals surface area contributed by atoms with E-state index in [2.05, 4.69) is 49.5 Å². The van der Waals surface area contributed by atoms with Gasteiger partial charge in [-0.3, -0.25) is 0 Å². The number of nitrogens with one attached hydrogen (secondary N) is 1. The third-order valence-corrected chi connectivity index (χ3v) is 4.20. The van der Waals surface area contributed by atoms with Crippen LogP contribution < -0.4 is 5.32 Å². The largest absolute Gasteiger partial charge is 0.314 e. The molecule has 1 nitrogen and oxygen atoms in total.